The molecule has 2 rings (SSSR count). The number of hydrogen-bond acceptors (Lipinski definition) is 2. The Bertz CT molecular complexity index is 418. The second kappa shape index (κ2) is 6.74. The van der Waals surface area contributed by atoms with E-state index in [9.17, 15) is 0 Å². The Labute approximate surface area is 103 Å². The van der Waals surface area contributed by atoms with Crippen molar-refractivity contribution in [1.82, 2.24) is 10.2 Å². The smallest absolute Gasteiger partial charge is 0.148 e. The van der Waals surface area contributed by atoms with Gasteiger partial charge in [-0.2, -0.15) is 5.10 Å². The van der Waals surface area contributed by atoms with Gasteiger partial charge in [0.2, 0.25) is 0 Å². The number of H-pyrrole nitrogens is 1. The van der Waals surface area contributed by atoms with E-state index in [0.29, 0.717) is 6.04 Å². The van der Waals surface area contributed by atoms with Crippen LogP contribution in [0, 0.1) is 0 Å². The lowest BCUT2D eigenvalue weighted by Crippen LogP contribution is -2.09. The summed E-state index contributed by atoms with van der Waals surface area (Å²) in [6, 6.07) is 12.6. The molecular formula is C14H21N3. The molecule has 1 aromatic carbocycles. The van der Waals surface area contributed by atoms with Crippen LogP contribution in [0.2, 0.25) is 0 Å². The van der Waals surface area contributed by atoms with Crippen molar-refractivity contribution in [3.63, 3.8) is 0 Å². The highest BCUT2D eigenvalue weighted by molar-refractivity contribution is 5.62. The Kier molecular flexibility index (Phi) is 5.27. The van der Waals surface area contributed by atoms with E-state index in [2.05, 4.69) is 41.5 Å². The lowest BCUT2D eigenvalue weighted by atomic mass is 10.1. The monoisotopic (exact) mass is 231 g/mol. The van der Waals surface area contributed by atoms with Crippen LogP contribution in [0.4, 0.5) is 5.82 Å². The van der Waals surface area contributed by atoms with Crippen molar-refractivity contribution in [3.05, 3.63) is 36.4 Å². The van der Waals surface area contributed by atoms with Crippen LogP contribution in [0.15, 0.2) is 36.4 Å². The lowest BCUT2D eigenvalue weighted by Gasteiger charge is -2.04. The molecule has 17 heavy (non-hydrogen) atoms. The summed E-state index contributed by atoms with van der Waals surface area (Å²) < 4.78 is 0. The minimum absolute atomic E-state index is 0.400. The summed E-state index contributed by atoms with van der Waals surface area (Å²) in [6.07, 6.45) is 0. The molecule has 0 bridgehead atoms. The summed E-state index contributed by atoms with van der Waals surface area (Å²) in [4.78, 5) is 0. The normalized spacial score (nSPS) is 9.71. The first-order chi connectivity index (χ1) is 8.25. The molecule has 0 fully saturated rings. The van der Waals surface area contributed by atoms with E-state index in [-0.39, 0.29) is 0 Å². The summed E-state index contributed by atoms with van der Waals surface area (Å²) in [5.41, 5.74) is 2.19. The molecule has 0 radical (unpaired) electrons. The molecule has 92 valence electrons. The number of rotatable bonds is 3. The average Bonchev–Trinajstić information content (AvgIpc) is 2.80. The number of nitrogens with zero attached hydrogens (tertiary/aromatic N) is 1. The van der Waals surface area contributed by atoms with E-state index < -0.39 is 0 Å². The van der Waals surface area contributed by atoms with E-state index in [1.165, 1.54) is 0 Å². The zero-order valence-corrected chi connectivity index (χ0v) is 11.0. The minimum Gasteiger partial charge on any atom is -0.366 e. The summed E-state index contributed by atoms with van der Waals surface area (Å²) in [7, 11) is 0. The fourth-order valence-corrected chi connectivity index (χ4v) is 1.46. The topological polar surface area (TPSA) is 40.7 Å². The molecule has 2 N–H and O–H groups in total. The molecule has 0 unspecified atom stereocenters. The molecule has 0 aliphatic carbocycles. The first kappa shape index (κ1) is 13.3. The van der Waals surface area contributed by atoms with Gasteiger partial charge in [0.1, 0.15) is 5.82 Å². The predicted octanol–water partition coefficient (Wildman–Crippen LogP) is 3.92. The molecular weight excluding hydrogens is 210 g/mol. The van der Waals surface area contributed by atoms with Gasteiger partial charge in [0.15, 0.2) is 0 Å². The van der Waals surface area contributed by atoms with Gasteiger partial charge in [-0.25, -0.2) is 0 Å². The van der Waals surface area contributed by atoms with Gasteiger partial charge < -0.3 is 5.32 Å². The fourth-order valence-electron chi connectivity index (χ4n) is 1.46. The Morgan fingerprint density at radius 2 is 1.76 bits per heavy atom. The zero-order chi connectivity index (χ0) is 12.7. The van der Waals surface area contributed by atoms with Crippen LogP contribution >= 0.6 is 0 Å². The molecule has 0 spiro atoms. The highest BCUT2D eigenvalue weighted by atomic mass is 15.2. The van der Waals surface area contributed by atoms with Gasteiger partial charge in [-0.15, -0.1) is 0 Å². The van der Waals surface area contributed by atoms with Crippen LogP contribution in [0.3, 0.4) is 0 Å². The first-order valence-corrected chi connectivity index (χ1v) is 6.13. The van der Waals surface area contributed by atoms with Crippen LogP contribution in [0.1, 0.15) is 27.7 Å². The van der Waals surface area contributed by atoms with Crippen LogP contribution < -0.4 is 5.32 Å². The Morgan fingerprint density at radius 3 is 2.35 bits per heavy atom. The number of aromatic amines is 1. The van der Waals surface area contributed by atoms with Gasteiger partial charge in [-0.1, -0.05) is 44.2 Å². The van der Waals surface area contributed by atoms with E-state index in [1.54, 1.807) is 0 Å². The quantitative estimate of drug-likeness (QED) is 0.840. The van der Waals surface area contributed by atoms with Crippen LogP contribution in [0.25, 0.3) is 11.3 Å². The van der Waals surface area contributed by atoms with E-state index in [4.69, 9.17) is 0 Å². The molecule has 0 aliphatic rings. The third-order valence-corrected chi connectivity index (χ3v) is 2.10. The molecule has 0 atom stereocenters. The van der Waals surface area contributed by atoms with Crippen LogP contribution in [-0.4, -0.2) is 16.2 Å². The molecule has 0 saturated heterocycles. The zero-order valence-electron chi connectivity index (χ0n) is 11.0. The second-order valence-corrected chi connectivity index (χ2v) is 3.83. The molecule has 0 aliphatic heterocycles. The second-order valence-electron chi connectivity index (χ2n) is 3.83. The molecule has 1 aromatic heterocycles. The molecule has 2 aromatic rings. The van der Waals surface area contributed by atoms with Gasteiger partial charge in [0.05, 0.1) is 5.69 Å². The molecule has 3 heteroatoms. The molecule has 0 saturated carbocycles. The van der Waals surface area contributed by atoms with Crippen molar-refractivity contribution in [2.75, 3.05) is 5.32 Å². The third-order valence-electron chi connectivity index (χ3n) is 2.10. The minimum atomic E-state index is 0.400. The number of aromatic nitrogens is 2. The highest BCUT2D eigenvalue weighted by Crippen LogP contribution is 2.19. The average molecular weight is 231 g/mol. The van der Waals surface area contributed by atoms with Gasteiger partial charge >= 0.3 is 0 Å². The standard InChI is InChI=1S/C12H15N3.C2H6/c1-9(2)13-12-8-11(14-15-12)10-6-4-3-5-7-10;1-2/h3-9H,1-2H3,(H2,13,14,15);1-2H3. The van der Waals surface area contributed by atoms with Crippen molar-refractivity contribution in [1.29, 1.82) is 0 Å². The largest absolute Gasteiger partial charge is 0.366 e. The van der Waals surface area contributed by atoms with Gasteiger partial charge in [0.25, 0.3) is 0 Å². The number of anilines is 1. The van der Waals surface area contributed by atoms with Crippen molar-refractivity contribution in [2.24, 2.45) is 0 Å². The third kappa shape index (κ3) is 3.94. The number of hydrogen-bond donors (Lipinski definition) is 2. The van der Waals surface area contributed by atoms with Crippen molar-refractivity contribution in [2.45, 2.75) is 33.7 Å². The van der Waals surface area contributed by atoms with Crippen LogP contribution in [0.5, 0.6) is 0 Å². The molecule has 0 amide bonds. The molecule has 3 nitrogen and oxygen atoms in total. The van der Waals surface area contributed by atoms with Crippen molar-refractivity contribution in [3.8, 4) is 11.3 Å². The van der Waals surface area contributed by atoms with Gasteiger partial charge in [-0.05, 0) is 19.4 Å². The van der Waals surface area contributed by atoms with Crippen LogP contribution in [-0.2, 0) is 0 Å². The highest BCUT2D eigenvalue weighted by Gasteiger charge is 2.03. The van der Waals surface area contributed by atoms with Gasteiger partial charge in [0, 0.05) is 12.1 Å². The summed E-state index contributed by atoms with van der Waals surface area (Å²) in [6.45, 7) is 8.19. The van der Waals surface area contributed by atoms with Gasteiger partial charge in [-0.3, -0.25) is 5.10 Å². The SMILES string of the molecule is CC.CC(C)Nc1cc(-c2ccccc2)[nH]n1. The van der Waals surface area contributed by atoms with Crippen molar-refractivity contribution >= 4 is 5.82 Å². The Balaban J connectivity index is 0.000000686. The summed E-state index contributed by atoms with van der Waals surface area (Å²) in [5.74, 6) is 0.892. The van der Waals surface area contributed by atoms with E-state index in [0.717, 1.165) is 17.1 Å². The van der Waals surface area contributed by atoms with Crippen molar-refractivity contribution < 1.29 is 0 Å². The number of nitrogens with one attached hydrogen (secondary N) is 2. The lowest BCUT2D eigenvalue weighted by molar-refractivity contribution is 0.884. The fraction of sp³-hybridized carbons (Fsp3) is 0.357. The Morgan fingerprint density at radius 1 is 1.12 bits per heavy atom. The first-order valence-electron chi connectivity index (χ1n) is 6.13. The maximum absolute atomic E-state index is 4.20. The predicted molar refractivity (Wildman–Crippen MR) is 74.1 cm³/mol. The molecule has 1 heterocycles. The Hall–Kier alpha value is -1.77. The summed E-state index contributed by atoms with van der Waals surface area (Å²) >= 11 is 0. The summed E-state index contributed by atoms with van der Waals surface area (Å²) in [5, 5.41) is 10.5. The maximum Gasteiger partial charge on any atom is 0.148 e. The van der Waals surface area contributed by atoms with E-state index >= 15 is 0 Å². The van der Waals surface area contributed by atoms with E-state index in [1.807, 2.05) is 38.1 Å². The number of benzene rings is 1. The maximum atomic E-state index is 4.20.